The van der Waals surface area contributed by atoms with Crippen LogP contribution in [0, 0.1) is 0 Å². The van der Waals surface area contributed by atoms with Crippen molar-refractivity contribution in [1.82, 2.24) is 4.58 Å². The molecule has 2 aliphatic rings. The summed E-state index contributed by atoms with van der Waals surface area (Å²) in [5.74, 6) is -80.1. The highest BCUT2D eigenvalue weighted by atomic mass is 19.4. The molecule has 0 aromatic heterocycles. The van der Waals surface area contributed by atoms with Gasteiger partial charge in [0.05, 0.1) is 18.2 Å². The predicted molar refractivity (Wildman–Crippen MR) is 185 cm³/mol. The van der Waals surface area contributed by atoms with E-state index in [4.69, 9.17) is 4.42 Å². The minimum atomic E-state index is -8.23. The molecule has 4 rings (SSSR count). The van der Waals surface area contributed by atoms with Crippen LogP contribution in [-0.4, -0.2) is 109 Å². The number of aromatic carboxylic acids is 1. The van der Waals surface area contributed by atoms with Crippen LogP contribution in [0.1, 0.15) is 24.2 Å². The number of carbonyl (C=O) groups is 1. The minimum Gasteiger partial charge on any atom is -0.478 e. The van der Waals surface area contributed by atoms with Crippen molar-refractivity contribution in [3.63, 3.8) is 0 Å². The molecule has 2 aromatic carbocycles. The zero-order valence-electron chi connectivity index (χ0n) is 33.6. The Balaban J connectivity index is 1.97. The molecule has 69 heavy (non-hydrogen) atoms. The maximum absolute atomic E-state index is 15.1. The molecule has 1 N–H and O–H groups in total. The summed E-state index contributed by atoms with van der Waals surface area (Å²) in [5, 5.41) is 8.62. The van der Waals surface area contributed by atoms with Crippen LogP contribution in [0.4, 0.5) is 120 Å². The number of nitrogens with zero attached hydrogens (tertiary/aromatic N) is 2. The summed E-state index contributed by atoms with van der Waals surface area (Å²) in [7, 11) is 0. The summed E-state index contributed by atoms with van der Waals surface area (Å²) in [6, 6.07) is 8.25. The Labute approximate surface area is 366 Å². The van der Waals surface area contributed by atoms with Gasteiger partial charge in [-0.3, -0.25) is 0 Å². The van der Waals surface area contributed by atoms with Crippen molar-refractivity contribution >= 4 is 22.6 Å². The van der Waals surface area contributed by atoms with Gasteiger partial charge >= 0.3 is 77.5 Å². The van der Waals surface area contributed by atoms with Crippen LogP contribution in [-0.2, 0) is 0 Å². The van der Waals surface area contributed by atoms with Crippen molar-refractivity contribution in [1.29, 1.82) is 0 Å². The number of carboxylic acids is 1. The van der Waals surface area contributed by atoms with Crippen molar-refractivity contribution in [2.45, 2.75) is 85.4 Å². The van der Waals surface area contributed by atoms with Gasteiger partial charge in [0.25, 0.3) is 0 Å². The van der Waals surface area contributed by atoms with Gasteiger partial charge in [-0.25, -0.2) is 9.37 Å². The summed E-state index contributed by atoms with van der Waals surface area (Å²) in [6.45, 7) is -6.40. The van der Waals surface area contributed by atoms with E-state index in [1.54, 1.807) is 0 Å². The van der Waals surface area contributed by atoms with E-state index >= 15 is 17.6 Å². The van der Waals surface area contributed by atoms with E-state index in [0.717, 1.165) is 44.2 Å². The van der Waals surface area contributed by atoms with Gasteiger partial charge in [0, 0.05) is 40.9 Å². The van der Waals surface area contributed by atoms with Crippen LogP contribution in [0.15, 0.2) is 65.1 Å². The Morgan fingerprint density at radius 2 is 1.01 bits per heavy atom. The number of hydrogen-bond acceptors (Lipinski definition) is 3. The monoisotopic (exact) mass is 1050 g/mol. The second-order valence-corrected chi connectivity index (χ2v) is 14.7. The molecule has 1 heterocycles. The average Bonchev–Trinajstić information content (AvgIpc) is 3.21. The third-order valence-electron chi connectivity index (χ3n) is 10.4. The number of rotatable bonds is 17. The quantitative estimate of drug-likeness (QED) is 0.0650. The number of hydrogen-bond donors (Lipinski definition) is 1. The van der Waals surface area contributed by atoms with Gasteiger partial charge in [-0.2, -0.15) is 114 Å². The smallest absolute Gasteiger partial charge is 0.460 e. The van der Waals surface area contributed by atoms with Gasteiger partial charge in [0.15, 0.2) is 0 Å². The second-order valence-electron chi connectivity index (χ2n) is 14.7. The summed E-state index contributed by atoms with van der Waals surface area (Å²) in [6.07, 6.45) is -15.4. The Morgan fingerprint density at radius 1 is 0.551 bits per heavy atom. The first-order valence-electron chi connectivity index (χ1n) is 18.4. The molecular weight excluding hydrogens is 1030 g/mol. The molecule has 31 heteroatoms. The van der Waals surface area contributed by atoms with Crippen molar-refractivity contribution < 1.29 is 128 Å². The van der Waals surface area contributed by atoms with E-state index in [1.807, 2.05) is 0 Å². The number of carboxylic acid groups (broad SMARTS) is 1. The molecular formula is C38H25F26N2O3+. The molecule has 5 nitrogen and oxygen atoms in total. The van der Waals surface area contributed by atoms with E-state index in [9.17, 15) is 106 Å². The summed E-state index contributed by atoms with van der Waals surface area (Å²) >= 11 is 0. The van der Waals surface area contributed by atoms with E-state index < -0.39 is 132 Å². The fourth-order valence-corrected chi connectivity index (χ4v) is 6.49. The predicted octanol–water partition coefficient (Wildman–Crippen LogP) is 13.0. The van der Waals surface area contributed by atoms with E-state index in [0.29, 0.717) is 24.3 Å². The normalized spacial score (nSPS) is 15.2. The van der Waals surface area contributed by atoms with Crippen molar-refractivity contribution in [2.24, 2.45) is 0 Å². The number of anilines is 1. The highest BCUT2D eigenvalue weighted by Crippen LogP contribution is 2.62. The number of benzene rings is 3. The van der Waals surface area contributed by atoms with Gasteiger partial charge in [-0.1, -0.05) is 18.2 Å². The van der Waals surface area contributed by atoms with Crippen LogP contribution in [0.5, 0.6) is 0 Å². The standard InChI is InChI=1S/C38H24F26N2O3/c1-3-65(15-27(39,40)29(43,44)31(47,48)33(51,52)35(55,56)37(59,60)61)17-9-11-21-23(13-17)69-24-14-18(10-12-22(24)25(21)19-7-5-6-8-20(19)26(67)68)66(4-2)16-28(41,42)30(45,46)32(49,50)34(53,54)36(57,58)38(62,63)64/h5-14H,3-4,15-16H2,1-2H3/p+1. The van der Waals surface area contributed by atoms with Crippen LogP contribution < -0.4 is 14.8 Å². The third-order valence-corrected chi connectivity index (χ3v) is 10.4. The van der Waals surface area contributed by atoms with Gasteiger partial charge in [0.2, 0.25) is 11.9 Å². The van der Waals surface area contributed by atoms with Crippen LogP contribution in [0.2, 0.25) is 0 Å². The molecule has 0 bridgehead atoms. The largest absolute Gasteiger partial charge is 0.478 e. The summed E-state index contributed by atoms with van der Waals surface area (Å²) < 4.78 is 366. The lowest BCUT2D eigenvalue weighted by Gasteiger charge is -2.41. The number of alkyl halides is 26. The zero-order valence-corrected chi connectivity index (χ0v) is 33.6. The van der Waals surface area contributed by atoms with E-state index in [1.165, 1.54) is 6.07 Å². The maximum atomic E-state index is 15.1. The van der Waals surface area contributed by atoms with E-state index in [2.05, 4.69) is 0 Å². The zero-order chi connectivity index (χ0) is 53.5. The molecule has 0 atom stereocenters. The molecule has 0 unspecified atom stereocenters. The molecule has 0 fully saturated rings. The Morgan fingerprint density at radius 3 is 1.46 bits per heavy atom. The van der Waals surface area contributed by atoms with E-state index in [-0.39, 0.29) is 31.6 Å². The fraction of sp³-hybridized carbons (Fsp3) is 0.474. The lowest BCUT2D eigenvalue weighted by molar-refractivity contribution is -0.439. The lowest BCUT2D eigenvalue weighted by atomic mass is 9.90. The minimum absolute atomic E-state index is 0.0879. The van der Waals surface area contributed by atoms with Crippen LogP contribution in [0.3, 0.4) is 0 Å². The maximum Gasteiger partial charge on any atom is 0.460 e. The van der Waals surface area contributed by atoms with Crippen LogP contribution in [0.25, 0.3) is 33.4 Å². The fourth-order valence-electron chi connectivity index (χ4n) is 6.49. The Bertz CT molecular complexity index is 2600. The first-order valence-corrected chi connectivity index (χ1v) is 18.4. The van der Waals surface area contributed by atoms with Crippen LogP contribution >= 0.6 is 0 Å². The second kappa shape index (κ2) is 17.2. The summed E-state index contributed by atoms with van der Waals surface area (Å²) in [5.41, 5.74) is -3.36. The SMILES string of the molecule is CCN(CC(F)(F)C(F)(F)C(F)(F)C(F)(F)C(F)(F)C(F)(F)F)c1ccc2c(-c3ccccc3C(=O)O)c3ccc(=[N+](CC)CC(F)(F)C(F)(F)C(F)(F)C(F)(F)C(F)(F)C(F)(F)F)cc-3oc2c1. The third kappa shape index (κ3) is 8.58. The highest BCUT2D eigenvalue weighted by Gasteiger charge is 2.92. The molecule has 2 aromatic rings. The first-order chi connectivity index (χ1) is 30.8. The first kappa shape index (κ1) is 56.2. The molecule has 1 aliphatic heterocycles. The molecule has 0 amide bonds. The van der Waals surface area contributed by atoms with Gasteiger partial charge in [-0.15, -0.1) is 0 Å². The average molecular weight is 1050 g/mol. The Hall–Kier alpha value is -5.42. The molecule has 386 valence electrons. The number of halogens is 26. The number of fused-ring (bicyclic) bond motifs is 2. The molecule has 1 aliphatic carbocycles. The Kier molecular flexibility index (Phi) is 14.0. The van der Waals surface area contributed by atoms with Crippen molar-refractivity contribution in [3.8, 4) is 22.5 Å². The van der Waals surface area contributed by atoms with Gasteiger partial charge in [-0.05, 0) is 43.7 Å². The summed E-state index contributed by atoms with van der Waals surface area (Å²) in [4.78, 5) is 12.1. The van der Waals surface area contributed by atoms with Gasteiger partial charge < -0.3 is 14.4 Å². The van der Waals surface area contributed by atoms with Gasteiger partial charge in [0.1, 0.15) is 17.9 Å². The molecule has 0 saturated carbocycles. The highest BCUT2D eigenvalue weighted by molar-refractivity contribution is 6.07. The molecule has 0 spiro atoms. The van der Waals surface area contributed by atoms with Crippen molar-refractivity contribution in [2.75, 3.05) is 31.1 Å². The topological polar surface area (TPSA) is 56.7 Å². The molecule has 0 radical (unpaired) electrons. The molecule has 0 saturated heterocycles. The lowest BCUT2D eigenvalue weighted by Crippen LogP contribution is -2.71. The van der Waals surface area contributed by atoms with Crippen molar-refractivity contribution in [3.05, 3.63) is 71.6 Å².